The van der Waals surface area contributed by atoms with Gasteiger partial charge in [-0.2, -0.15) is 5.10 Å². The average Bonchev–Trinajstić information content (AvgIpc) is 2.86. The second-order valence-electron chi connectivity index (χ2n) is 7.40. The number of allylic oxidation sites excluding steroid dienone is 9. The molecule has 1 aromatic rings. The van der Waals surface area contributed by atoms with Gasteiger partial charge in [-0.25, -0.2) is 0 Å². The van der Waals surface area contributed by atoms with Crippen molar-refractivity contribution in [2.75, 3.05) is 6.54 Å². The molecule has 0 fully saturated rings. The zero-order chi connectivity index (χ0) is 21.6. The molecule has 1 aliphatic rings. The largest absolute Gasteiger partial charge is 0.326 e. The number of nitrogens with two attached hydrogens (primary N) is 1. The van der Waals surface area contributed by atoms with Gasteiger partial charge in [0.05, 0.1) is 11.4 Å². The molecule has 0 unspecified atom stereocenters. The van der Waals surface area contributed by atoms with Crippen LogP contribution in [0.2, 0.25) is 0 Å². The molecule has 0 bridgehead atoms. The molecule has 0 spiro atoms. The highest BCUT2D eigenvalue weighted by atomic mass is 15.2. The predicted octanol–water partition coefficient (Wildman–Crippen LogP) is 5.38. The van der Waals surface area contributed by atoms with Crippen LogP contribution in [0.3, 0.4) is 0 Å². The van der Waals surface area contributed by atoms with E-state index in [4.69, 9.17) is 10.7 Å². The van der Waals surface area contributed by atoms with Gasteiger partial charge in [0.25, 0.3) is 0 Å². The summed E-state index contributed by atoms with van der Waals surface area (Å²) < 4.78 is 1.78. The topological polar surface area (TPSA) is 56.2 Å². The molecule has 0 atom stereocenters. The summed E-state index contributed by atoms with van der Waals surface area (Å²) in [4.78, 5) is 4.73. The van der Waals surface area contributed by atoms with Crippen molar-refractivity contribution in [3.8, 4) is 0 Å². The van der Waals surface area contributed by atoms with Gasteiger partial charge in [0, 0.05) is 31.1 Å². The van der Waals surface area contributed by atoms with Gasteiger partial charge in [-0.05, 0) is 62.0 Å². The van der Waals surface area contributed by atoms with Gasteiger partial charge in [-0.1, -0.05) is 49.6 Å². The van der Waals surface area contributed by atoms with E-state index in [1.54, 1.807) is 4.68 Å². The van der Waals surface area contributed by atoms with Crippen LogP contribution in [0, 0.1) is 6.92 Å². The number of nitrogens with zero attached hydrogens (tertiary/aromatic N) is 3. The summed E-state index contributed by atoms with van der Waals surface area (Å²) >= 11 is 0. The van der Waals surface area contributed by atoms with Gasteiger partial charge >= 0.3 is 0 Å². The minimum Gasteiger partial charge on any atom is -0.326 e. The molecule has 4 heteroatoms. The fraction of sp³-hybridized carbons (Fsp3) is 0.280. The van der Waals surface area contributed by atoms with Crippen LogP contribution >= 0.6 is 0 Å². The van der Waals surface area contributed by atoms with Crippen molar-refractivity contribution < 1.29 is 0 Å². The van der Waals surface area contributed by atoms with Crippen molar-refractivity contribution in [3.05, 3.63) is 94.9 Å². The van der Waals surface area contributed by atoms with E-state index in [2.05, 4.69) is 61.6 Å². The number of aryl methyl sites for hydroxylation is 2. The number of hydrogen-bond acceptors (Lipinski definition) is 3. The summed E-state index contributed by atoms with van der Waals surface area (Å²) in [5.74, 6) is 0. The van der Waals surface area contributed by atoms with Crippen molar-refractivity contribution in [3.63, 3.8) is 0 Å². The Morgan fingerprint density at radius 2 is 2.00 bits per heavy atom. The SMILES string of the molecule is C=C(C)C(=C\C=C(/C)C1=CC(CN)=CC=CC1)/C(C)=N\C(=C)c1cn(C)nc1C. The van der Waals surface area contributed by atoms with Gasteiger partial charge in [0.2, 0.25) is 0 Å². The minimum atomic E-state index is 0.537. The molecule has 0 saturated heterocycles. The number of rotatable bonds is 7. The molecular formula is C25H32N4. The molecule has 29 heavy (non-hydrogen) atoms. The average molecular weight is 389 g/mol. The van der Waals surface area contributed by atoms with Gasteiger partial charge in [-0.15, -0.1) is 0 Å². The Bertz CT molecular complexity index is 988. The summed E-state index contributed by atoms with van der Waals surface area (Å²) in [6, 6.07) is 0. The standard InChI is InChI=1S/C25H32N4/c1-17(2)24(19(4)27-20(5)25-16-29(7)28-21(25)6)13-12-18(3)23-11-9-8-10-22(14-23)15-26/h8-10,12-14,16H,1,5,11,15,26H2,2-4,6-7H3/b18-12+,24-13+,27-19-. The first-order chi connectivity index (χ1) is 13.7. The van der Waals surface area contributed by atoms with Crippen LogP contribution in [0.15, 0.2) is 88.7 Å². The zero-order valence-electron chi connectivity index (χ0n) is 18.3. The van der Waals surface area contributed by atoms with Crippen LogP contribution in [0.1, 0.15) is 38.4 Å². The summed E-state index contributed by atoms with van der Waals surface area (Å²) in [6.07, 6.45) is 15.5. The van der Waals surface area contributed by atoms with Crippen molar-refractivity contribution in [1.29, 1.82) is 0 Å². The van der Waals surface area contributed by atoms with Crippen molar-refractivity contribution in [2.24, 2.45) is 17.8 Å². The monoisotopic (exact) mass is 388 g/mol. The van der Waals surface area contributed by atoms with Crippen LogP contribution in [-0.2, 0) is 7.05 Å². The van der Waals surface area contributed by atoms with Crippen LogP contribution in [-0.4, -0.2) is 22.0 Å². The highest BCUT2D eigenvalue weighted by Gasteiger charge is 2.09. The highest BCUT2D eigenvalue weighted by Crippen LogP contribution is 2.22. The lowest BCUT2D eigenvalue weighted by Gasteiger charge is -2.09. The number of aliphatic imine (C=N–C) groups is 1. The number of hydrogen-bond donors (Lipinski definition) is 1. The first-order valence-corrected chi connectivity index (χ1v) is 9.79. The number of aromatic nitrogens is 2. The smallest absolute Gasteiger partial charge is 0.0687 e. The Hall–Kier alpha value is -2.98. The van der Waals surface area contributed by atoms with Crippen molar-refractivity contribution >= 4 is 11.4 Å². The Balaban J connectivity index is 2.32. The maximum absolute atomic E-state index is 5.82. The van der Waals surface area contributed by atoms with E-state index in [0.29, 0.717) is 12.2 Å². The quantitative estimate of drug-likeness (QED) is 0.503. The second-order valence-corrected chi connectivity index (χ2v) is 7.40. The lowest BCUT2D eigenvalue weighted by molar-refractivity contribution is 0.756. The predicted molar refractivity (Wildman–Crippen MR) is 126 cm³/mol. The van der Waals surface area contributed by atoms with E-state index in [9.17, 15) is 0 Å². The maximum atomic E-state index is 5.82. The molecule has 0 aromatic carbocycles. The molecular weight excluding hydrogens is 356 g/mol. The zero-order valence-corrected chi connectivity index (χ0v) is 18.3. The molecule has 2 N–H and O–H groups in total. The van der Waals surface area contributed by atoms with Gasteiger partial charge in [0.15, 0.2) is 0 Å². The third-order valence-electron chi connectivity index (χ3n) is 4.86. The molecule has 4 nitrogen and oxygen atoms in total. The molecule has 0 radical (unpaired) electrons. The lowest BCUT2D eigenvalue weighted by Crippen LogP contribution is -2.01. The Morgan fingerprint density at radius 3 is 2.59 bits per heavy atom. The van der Waals surface area contributed by atoms with E-state index >= 15 is 0 Å². The first kappa shape index (κ1) is 22.3. The molecule has 0 aliphatic heterocycles. The van der Waals surface area contributed by atoms with E-state index in [1.807, 2.05) is 34.0 Å². The molecule has 2 rings (SSSR count). The first-order valence-electron chi connectivity index (χ1n) is 9.79. The van der Waals surface area contributed by atoms with Gasteiger partial charge in [-0.3, -0.25) is 9.67 Å². The van der Waals surface area contributed by atoms with Crippen LogP contribution in [0.25, 0.3) is 5.70 Å². The van der Waals surface area contributed by atoms with Crippen LogP contribution in [0.4, 0.5) is 0 Å². The Kier molecular flexibility index (Phi) is 7.68. The minimum absolute atomic E-state index is 0.537. The van der Waals surface area contributed by atoms with E-state index in [0.717, 1.165) is 40.1 Å². The van der Waals surface area contributed by atoms with E-state index in [1.165, 1.54) is 11.1 Å². The van der Waals surface area contributed by atoms with Crippen LogP contribution < -0.4 is 5.73 Å². The third kappa shape index (κ3) is 6.00. The van der Waals surface area contributed by atoms with Gasteiger partial charge in [0.1, 0.15) is 0 Å². The second kappa shape index (κ2) is 9.99. The molecule has 1 aliphatic carbocycles. The third-order valence-corrected chi connectivity index (χ3v) is 4.86. The van der Waals surface area contributed by atoms with Crippen LogP contribution in [0.5, 0.6) is 0 Å². The molecule has 152 valence electrons. The Morgan fingerprint density at radius 1 is 1.28 bits per heavy atom. The van der Waals surface area contributed by atoms with Gasteiger partial charge < -0.3 is 5.73 Å². The highest BCUT2D eigenvalue weighted by molar-refractivity contribution is 6.04. The molecule has 0 saturated carbocycles. The fourth-order valence-corrected chi connectivity index (χ4v) is 3.21. The fourth-order valence-electron chi connectivity index (χ4n) is 3.21. The van der Waals surface area contributed by atoms with Crippen molar-refractivity contribution in [1.82, 2.24) is 9.78 Å². The van der Waals surface area contributed by atoms with E-state index in [-0.39, 0.29) is 0 Å². The van der Waals surface area contributed by atoms with Crippen molar-refractivity contribution in [2.45, 2.75) is 34.1 Å². The molecule has 1 aromatic heterocycles. The molecule has 1 heterocycles. The molecule has 0 amide bonds. The summed E-state index contributed by atoms with van der Waals surface area (Å²) in [5.41, 5.74) is 14.8. The Labute approximate surface area is 174 Å². The summed E-state index contributed by atoms with van der Waals surface area (Å²) in [7, 11) is 1.90. The normalized spacial score (nSPS) is 15.7. The maximum Gasteiger partial charge on any atom is 0.0687 e. The van der Waals surface area contributed by atoms with E-state index < -0.39 is 0 Å². The lowest BCUT2D eigenvalue weighted by atomic mass is 9.99. The summed E-state index contributed by atoms with van der Waals surface area (Å²) in [5, 5.41) is 4.37. The summed E-state index contributed by atoms with van der Waals surface area (Å²) in [6.45, 7) is 16.9.